The minimum Gasteiger partial charge on any atom is -0.497 e. The Labute approximate surface area is 202 Å². The first-order chi connectivity index (χ1) is 16.3. The summed E-state index contributed by atoms with van der Waals surface area (Å²) in [6, 6.07) is 13.9. The van der Waals surface area contributed by atoms with Crippen molar-refractivity contribution in [3.63, 3.8) is 0 Å². The second-order valence-electron chi connectivity index (χ2n) is 9.73. The molecule has 1 amide bonds. The van der Waals surface area contributed by atoms with Gasteiger partial charge in [-0.05, 0) is 107 Å². The van der Waals surface area contributed by atoms with Crippen LogP contribution in [-0.4, -0.2) is 43.0 Å². The molecule has 34 heavy (non-hydrogen) atoms. The largest absolute Gasteiger partial charge is 0.497 e. The summed E-state index contributed by atoms with van der Waals surface area (Å²) in [5, 5.41) is 4.42. The SMILES string of the molecule is CN1CCC1.COc1ccc(C)c(C(=O)NC2(c3cc(C=C(C)C)cc4ncccc34)CC2)c1. The molecule has 3 aromatic rings. The van der Waals surface area contributed by atoms with Gasteiger partial charge >= 0.3 is 0 Å². The molecule has 5 rings (SSSR count). The number of hydrogen-bond donors (Lipinski definition) is 1. The summed E-state index contributed by atoms with van der Waals surface area (Å²) in [7, 11) is 3.76. The molecule has 1 saturated carbocycles. The lowest BCUT2D eigenvalue weighted by molar-refractivity contribution is 0.0930. The summed E-state index contributed by atoms with van der Waals surface area (Å²) >= 11 is 0. The predicted octanol–water partition coefficient (Wildman–Crippen LogP) is 5.72. The molecule has 5 heteroatoms. The third-order valence-electron chi connectivity index (χ3n) is 6.59. The van der Waals surface area contributed by atoms with E-state index in [1.165, 1.54) is 25.1 Å². The van der Waals surface area contributed by atoms with E-state index in [1.54, 1.807) is 13.2 Å². The highest BCUT2D eigenvalue weighted by atomic mass is 16.5. The fraction of sp³-hybridized carbons (Fsp3) is 0.379. The Bertz CT molecular complexity index is 1220. The molecule has 0 spiro atoms. The number of fused-ring (bicyclic) bond motifs is 1. The van der Waals surface area contributed by atoms with Crippen molar-refractivity contribution in [2.75, 3.05) is 27.2 Å². The van der Waals surface area contributed by atoms with Gasteiger partial charge in [-0.1, -0.05) is 23.8 Å². The number of pyridine rings is 1. The molecule has 2 aromatic carbocycles. The molecule has 1 aliphatic carbocycles. The molecule has 1 aromatic heterocycles. The number of allylic oxidation sites excluding steroid dienone is 1. The normalized spacial score (nSPS) is 16.0. The van der Waals surface area contributed by atoms with E-state index >= 15 is 0 Å². The minimum absolute atomic E-state index is 0.0662. The maximum absolute atomic E-state index is 13.2. The number of amides is 1. The number of aryl methyl sites for hydroxylation is 1. The van der Waals surface area contributed by atoms with Gasteiger partial charge in [-0.3, -0.25) is 9.78 Å². The van der Waals surface area contributed by atoms with Crippen molar-refractivity contribution in [3.8, 4) is 5.75 Å². The maximum Gasteiger partial charge on any atom is 0.252 e. The Morgan fingerprint density at radius 1 is 1.15 bits per heavy atom. The van der Waals surface area contributed by atoms with Crippen LogP contribution in [0.4, 0.5) is 0 Å². The zero-order chi connectivity index (χ0) is 24.3. The monoisotopic (exact) mass is 457 g/mol. The van der Waals surface area contributed by atoms with E-state index in [0.717, 1.165) is 40.4 Å². The minimum atomic E-state index is -0.348. The first-order valence-corrected chi connectivity index (χ1v) is 12.0. The summed E-state index contributed by atoms with van der Waals surface area (Å²) in [6.45, 7) is 8.76. The fourth-order valence-electron chi connectivity index (χ4n) is 4.34. The Morgan fingerprint density at radius 2 is 1.88 bits per heavy atom. The van der Waals surface area contributed by atoms with Gasteiger partial charge in [-0.2, -0.15) is 0 Å². The fourth-order valence-corrected chi connectivity index (χ4v) is 4.34. The van der Waals surface area contributed by atoms with Crippen molar-refractivity contribution in [1.82, 2.24) is 15.2 Å². The average molecular weight is 458 g/mol. The molecule has 0 bridgehead atoms. The number of rotatable bonds is 5. The number of nitrogens with zero attached hydrogens (tertiary/aromatic N) is 2. The molecule has 2 heterocycles. The number of hydrogen-bond acceptors (Lipinski definition) is 4. The van der Waals surface area contributed by atoms with Gasteiger partial charge < -0.3 is 15.0 Å². The Kier molecular flexibility index (Phi) is 7.03. The van der Waals surface area contributed by atoms with E-state index in [1.807, 2.05) is 31.3 Å². The van der Waals surface area contributed by atoms with Crippen LogP contribution in [-0.2, 0) is 5.54 Å². The zero-order valence-electron chi connectivity index (χ0n) is 20.9. The van der Waals surface area contributed by atoms with Gasteiger partial charge in [0.2, 0.25) is 0 Å². The summed E-state index contributed by atoms with van der Waals surface area (Å²) in [5.41, 5.74) is 5.68. The highest BCUT2D eigenvalue weighted by molar-refractivity contribution is 5.97. The first kappa shape index (κ1) is 24.0. The average Bonchev–Trinajstić information content (AvgIpc) is 3.57. The van der Waals surface area contributed by atoms with Crippen LogP contribution in [0.25, 0.3) is 17.0 Å². The van der Waals surface area contributed by atoms with Crippen LogP contribution in [0.5, 0.6) is 5.75 Å². The molecule has 0 radical (unpaired) electrons. The van der Waals surface area contributed by atoms with Crippen LogP contribution < -0.4 is 10.1 Å². The van der Waals surface area contributed by atoms with Gasteiger partial charge in [0.1, 0.15) is 5.75 Å². The van der Waals surface area contributed by atoms with Gasteiger partial charge in [-0.25, -0.2) is 0 Å². The van der Waals surface area contributed by atoms with E-state index in [-0.39, 0.29) is 11.4 Å². The van der Waals surface area contributed by atoms with Gasteiger partial charge in [-0.15, -0.1) is 0 Å². The third-order valence-corrected chi connectivity index (χ3v) is 6.59. The van der Waals surface area contributed by atoms with Crippen molar-refractivity contribution in [3.05, 3.63) is 76.5 Å². The quantitative estimate of drug-likeness (QED) is 0.533. The topological polar surface area (TPSA) is 54.5 Å². The van der Waals surface area contributed by atoms with E-state index in [0.29, 0.717) is 11.3 Å². The molecule has 5 nitrogen and oxygen atoms in total. The number of likely N-dealkylation sites (tertiary alicyclic amines) is 1. The molecule has 2 aliphatic rings. The van der Waals surface area contributed by atoms with Crippen LogP contribution in [0.2, 0.25) is 0 Å². The first-order valence-electron chi connectivity index (χ1n) is 12.0. The highest BCUT2D eigenvalue weighted by Gasteiger charge is 2.47. The second kappa shape index (κ2) is 9.98. The van der Waals surface area contributed by atoms with Crippen molar-refractivity contribution < 1.29 is 9.53 Å². The molecule has 1 N–H and O–H groups in total. The number of benzene rings is 2. The van der Waals surface area contributed by atoms with Crippen LogP contribution >= 0.6 is 0 Å². The third kappa shape index (κ3) is 5.31. The van der Waals surface area contributed by atoms with Crippen LogP contribution in [0.3, 0.4) is 0 Å². The van der Waals surface area contributed by atoms with E-state index < -0.39 is 0 Å². The Hall–Kier alpha value is -3.18. The number of carbonyl (C=O) groups excluding carboxylic acids is 1. The summed E-state index contributed by atoms with van der Waals surface area (Å²) < 4.78 is 5.31. The molecule has 2 fully saturated rings. The molecule has 0 atom stereocenters. The molecule has 1 aliphatic heterocycles. The number of methoxy groups -OCH3 is 1. The smallest absolute Gasteiger partial charge is 0.252 e. The molecular weight excluding hydrogens is 422 g/mol. The molecule has 178 valence electrons. The number of carbonyl (C=O) groups is 1. The second-order valence-corrected chi connectivity index (χ2v) is 9.73. The van der Waals surface area contributed by atoms with Crippen molar-refractivity contribution in [2.24, 2.45) is 0 Å². The Morgan fingerprint density at radius 3 is 2.47 bits per heavy atom. The summed E-state index contributed by atoms with van der Waals surface area (Å²) in [6.07, 6.45) is 7.22. The van der Waals surface area contributed by atoms with Crippen molar-refractivity contribution >= 4 is 22.9 Å². The molecular formula is C29H35N3O2. The van der Waals surface area contributed by atoms with Crippen LogP contribution in [0, 0.1) is 6.92 Å². The lowest BCUT2D eigenvalue weighted by Gasteiger charge is -2.24. The Balaban J connectivity index is 0.000000486. The van der Waals surface area contributed by atoms with Gasteiger partial charge in [0, 0.05) is 17.1 Å². The maximum atomic E-state index is 13.2. The summed E-state index contributed by atoms with van der Waals surface area (Å²) in [5.74, 6) is 0.620. The van der Waals surface area contributed by atoms with E-state index in [9.17, 15) is 4.79 Å². The van der Waals surface area contributed by atoms with Crippen LogP contribution in [0.1, 0.15) is 60.2 Å². The number of aromatic nitrogens is 1. The van der Waals surface area contributed by atoms with E-state index in [4.69, 9.17) is 4.74 Å². The highest BCUT2D eigenvalue weighted by Crippen LogP contribution is 2.48. The number of ether oxygens (including phenoxy) is 1. The lowest BCUT2D eigenvalue weighted by atomic mass is 9.95. The van der Waals surface area contributed by atoms with Crippen LogP contribution in [0.15, 0.2) is 54.2 Å². The standard InChI is InChI=1S/C25H26N2O2.C4H9N/c1-16(2)12-18-13-22(20-6-5-11-26-23(20)14-18)25(9-10-25)27-24(28)21-15-19(29-4)8-7-17(21)3;1-5-3-2-4-5/h5-8,11-15H,9-10H2,1-4H3,(H,27,28);2-4H2,1H3. The molecule has 1 saturated heterocycles. The number of nitrogens with one attached hydrogen (secondary N) is 1. The van der Waals surface area contributed by atoms with Gasteiger partial charge in [0.05, 0.1) is 18.2 Å². The van der Waals surface area contributed by atoms with Crippen molar-refractivity contribution in [2.45, 2.75) is 45.6 Å². The van der Waals surface area contributed by atoms with Gasteiger partial charge in [0.15, 0.2) is 0 Å². The van der Waals surface area contributed by atoms with E-state index in [2.05, 4.69) is 60.4 Å². The lowest BCUT2D eigenvalue weighted by Crippen LogP contribution is -2.35. The predicted molar refractivity (Wildman–Crippen MR) is 139 cm³/mol. The zero-order valence-corrected chi connectivity index (χ0v) is 20.9. The van der Waals surface area contributed by atoms with Crippen molar-refractivity contribution in [1.29, 1.82) is 0 Å². The molecule has 0 unspecified atom stereocenters. The summed E-state index contributed by atoms with van der Waals surface area (Å²) in [4.78, 5) is 20.0. The van der Waals surface area contributed by atoms with Gasteiger partial charge in [0.25, 0.3) is 5.91 Å².